The van der Waals surface area contributed by atoms with Crippen LogP contribution in [0.2, 0.25) is 5.02 Å². The highest BCUT2D eigenvalue weighted by Gasteiger charge is 2.29. The summed E-state index contributed by atoms with van der Waals surface area (Å²) in [4.78, 5) is 22.9. The van der Waals surface area contributed by atoms with E-state index in [0.717, 1.165) is 5.56 Å². The third kappa shape index (κ3) is 4.56. The Morgan fingerprint density at radius 3 is 2.42 bits per heavy atom. The first-order chi connectivity index (χ1) is 8.84. The molecule has 0 aliphatic carbocycles. The molecular formula is C14H19ClN2O2. The molecule has 0 fully saturated rings. The van der Waals surface area contributed by atoms with Gasteiger partial charge in [0.25, 0.3) is 0 Å². The highest BCUT2D eigenvalue weighted by atomic mass is 35.5. The lowest BCUT2D eigenvalue weighted by molar-refractivity contribution is -0.126. The number of hydrogen-bond acceptors (Lipinski definition) is 2. The predicted octanol–water partition coefficient (Wildman–Crippen LogP) is 1.87. The number of carbonyl (C=O) groups is 2. The Morgan fingerprint density at radius 2 is 1.84 bits per heavy atom. The van der Waals surface area contributed by atoms with Crippen molar-refractivity contribution in [1.29, 1.82) is 0 Å². The topological polar surface area (TPSA) is 58.2 Å². The van der Waals surface area contributed by atoms with Crippen molar-refractivity contribution in [1.82, 2.24) is 10.6 Å². The fourth-order valence-electron chi connectivity index (χ4n) is 1.64. The van der Waals surface area contributed by atoms with Crippen LogP contribution in [0.4, 0.5) is 0 Å². The molecular weight excluding hydrogens is 264 g/mol. The van der Waals surface area contributed by atoms with Gasteiger partial charge in [-0.25, -0.2) is 0 Å². The lowest BCUT2D eigenvalue weighted by Crippen LogP contribution is -2.43. The number of carbonyl (C=O) groups excluding carboxylic acids is 2. The van der Waals surface area contributed by atoms with Crippen LogP contribution in [0.5, 0.6) is 0 Å². The van der Waals surface area contributed by atoms with Crippen LogP contribution < -0.4 is 10.6 Å². The first-order valence-corrected chi connectivity index (χ1v) is 6.50. The summed E-state index contributed by atoms with van der Waals surface area (Å²) in [5.74, 6) is -0.205. The number of benzene rings is 1. The van der Waals surface area contributed by atoms with E-state index in [9.17, 15) is 9.59 Å². The molecule has 19 heavy (non-hydrogen) atoms. The molecule has 0 aliphatic heterocycles. The Hall–Kier alpha value is -1.55. The molecule has 1 aromatic rings. The van der Waals surface area contributed by atoms with Crippen LogP contribution in [0, 0.1) is 0 Å². The summed E-state index contributed by atoms with van der Waals surface area (Å²) in [6.07, 6.45) is 0. The molecule has 0 unspecified atom stereocenters. The van der Waals surface area contributed by atoms with E-state index >= 15 is 0 Å². The average molecular weight is 283 g/mol. The van der Waals surface area contributed by atoms with Gasteiger partial charge in [-0.2, -0.15) is 0 Å². The maximum absolute atomic E-state index is 12.2. The highest BCUT2D eigenvalue weighted by molar-refractivity contribution is 6.30. The van der Waals surface area contributed by atoms with Gasteiger partial charge in [-0.15, -0.1) is 0 Å². The van der Waals surface area contributed by atoms with Crippen molar-refractivity contribution < 1.29 is 9.59 Å². The van der Waals surface area contributed by atoms with Crippen molar-refractivity contribution in [3.8, 4) is 0 Å². The van der Waals surface area contributed by atoms with E-state index in [0.29, 0.717) is 18.1 Å². The first-order valence-electron chi connectivity index (χ1n) is 6.13. The van der Waals surface area contributed by atoms with E-state index in [1.54, 1.807) is 12.1 Å². The van der Waals surface area contributed by atoms with Crippen molar-refractivity contribution in [2.45, 2.75) is 26.2 Å². The Balaban J connectivity index is 2.61. The van der Waals surface area contributed by atoms with Crippen LogP contribution in [-0.4, -0.2) is 24.9 Å². The molecule has 1 rings (SSSR count). The summed E-state index contributed by atoms with van der Waals surface area (Å²) in [6.45, 7) is 5.95. The van der Waals surface area contributed by atoms with Crippen molar-refractivity contribution >= 4 is 23.4 Å². The molecule has 0 aliphatic rings. The Bertz CT molecular complexity index is 472. The summed E-state index contributed by atoms with van der Waals surface area (Å²) in [5.41, 5.74) is 0.193. The van der Waals surface area contributed by atoms with Gasteiger partial charge < -0.3 is 10.6 Å². The van der Waals surface area contributed by atoms with E-state index < -0.39 is 5.41 Å². The zero-order valence-corrected chi connectivity index (χ0v) is 12.2. The van der Waals surface area contributed by atoms with E-state index in [-0.39, 0.29) is 11.8 Å². The molecule has 0 saturated heterocycles. The third-order valence-corrected chi connectivity index (χ3v) is 3.13. The van der Waals surface area contributed by atoms with Gasteiger partial charge in [0.2, 0.25) is 11.8 Å². The molecule has 104 valence electrons. The Morgan fingerprint density at radius 1 is 1.21 bits per heavy atom. The molecule has 1 aromatic carbocycles. The smallest absolute Gasteiger partial charge is 0.230 e. The standard InChI is InChI=1S/C14H19ClN2O2/c1-10(18)16-7-8-17-13(19)14(2,3)11-5-4-6-12(15)9-11/h4-6,9H,7-8H2,1-3H3,(H,16,18)(H,17,19). The lowest BCUT2D eigenvalue weighted by atomic mass is 9.84. The highest BCUT2D eigenvalue weighted by Crippen LogP contribution is 2.25. The van der Waals surface area contributed by atoms with Gasteiger partial charge in [0.15, 0.2) is 0 Å². The van der Waals surface area contributed by atoms with E-state index in [2.05, 4.69) is 10.6 Å². The largest absolute Gasteiger partial charge is 0.355 e. The molecule has 0 atom stereocenters. The lowest BCUT2D eigenvalue weighted by Gasteiger charge is -2.24. The monoisotopic (exact) mass is 282 g/mol. The molecule has 0 bridgehead atoms. The fourth-order valence-corrected chi connectivity index (χ4v) is 1.83. The molecule has 5 heteroatoms. The molecule has 4 nitrogen and oxygen atoms in total. The first kappa shape index (κ1) is 15.5. The van der Waals surface area contributed by atoms with Gasteiger partial charge in [-0.05, 0) is 31.5 Å². The maximum atomic E-state index is 12.2. The minimum absolute atomic E-state index is 0.0971. The van der Waals surface area contributed by atoms with Gasteiger partial charge in [0.1, 0.15) is 0 Å². The van der Waals surface area contributed by atoms with Gasteiger partial charge in [0, 0.05) is 25.0 Å². The summed E-state index contributed by atoms with van der Waals surface area (Å²) in [5, 5.41) is 6.03. The van der Waals surface area contributed by atoms with E-state index in [1.165, 1.54) is 6.92 Å². The van der Waals surface area contributed by atoms with Gasteiger partial charge >= 0.3 is 0 Å². The molecule has 2 amide bonds. The molecule has 0 spiro atoms. The molecule has 0 saturated carbocycles. The van der Waals surface area contributed by atoms with Crippen molar-refractivity contribution in [2.75, 3.05) is 13.1 Å². The van der Waals surface area contributed by atoms with Crippen molar-refractivity contribution in [3.05, 3.63) is 34.9 Å². The van der Waals surface area contributed by atoms with Crippen molar-refractivity contribution in [3.63, 3.8) is 0 Å². The molecule has 0 radical (unpaired) electrons. The van der Waals surface area contributed by atoms with Gasteiger partial charge in [-0.3, -0.25) is 9.59 Å². The summed E-state index contributed by atoms with van der Waals surface area (Å²) in [6, 6.07) is 7.26. The maximum Gasteiger partial charge on any atom is 0.230 e. The van der Waals surface area contributed by atoms with Crippen LogP contribution >= 0.6 is 11.6 Å². The SMILES string of the molecule is CC(=O)NCCNC(=O)C(C)(C)c1cccc(Cl)c1. The van der Waals surface area contributed by atoms with Crippen LogP contribution in [0.25, 0.3) is 0 Å². The second-order valence-corrected chi connectivity index (χ2v) is 5.31. The van der Waals surface area contributed by atoms with Gasteiger partial charge in [0.05, 0.1) is 5.41 Å². The third-order valence-electron chi connectivity index (χ3n) is 2.90. The fraction of sp³-hybridized carbons (Fsp3) is 0.429. The van der Waals surface area contributed by atoms with Crippen LogP contribution in [0.1, 0.15) is 26.3 Å². The minimum Gasteiger partial charge on any atom is -0.355 e. The number of hydrogen-bond donors (Lipinski definition) is 2. The predicted molar refractivity (Wildman–Crippen MR) is 76.2 cm³/mol. The number of rotatable bonds is 5. The van der Waals surface area contributed by atoms with Gasteiger partial charge in [-0.1, -0.05) is 23.7 Å². The summed E-state index contributed by atoms with van der Waals surface area (Å²) >= 11 is 5.94. The van der Waals surface area contributed by atoms with Crippen LogP contribution in [-0.2, 0) is 15.0 Å². The quantitative estimate of drug-likeness (QED) is 0.810. The summed E-state index contributed by atoms with van der Waals surface area (Å²) < 4.78 is 0. The minimum atomic E-state index is -0.666. The molecule has 0 heterocycles. The van der Waals surface area contributed by atoms with Crippen LogP contribution in [0.3, 0.4) is 0 Å². The average Bonchev–Trinajstić information content (AvgIpc) is 2.34. The Labute approximate surface area is 118 Å². The van der Waals surface area contributed by atoms with Crippen LogP contribution in [0.15, 0.2) is 24.3 Å². The second kappa shape index (κ2) is 6.57. The van der Waals surface area contributed by atoms with Crippen molar-refractivity contribution in [2.24, 2.45) is 0 Å². The number of halogens is 1. The normalized spacial score (nSPS) is 10.9. The van der Waals surface area contributed by atoms with E-state index in [4.69, 9.17) is 11.6 Å². The van der Waals surface area contributed by atoms with E-state index in [1.807, 2.05) is 26.0 Å². The molecule has 2 N–H and O–H groups in total. The number of nitrogens with one attached hydrogen (secondary N) is 2. The Kier molecular flexibility index (Phi) is 5.36. The summed E-state index contributed by atoms with van der Waals surface area (Å²) in [7, 11) is 0. The zero-order valence-electron chi connectivity index (χ0n) is 11.4. The zero-order chi connectivity index (χ0) is 14.5. The molecule has 0 aromatic heterocycles. The number of amides is 2. The second-order valence-electron chi connectivity index (χ2n) is 4.87.